The Morgan fingerprint density at radius 1 is 0.775 bits per heavy atom. The van der Waals surface area contributed by atoms with Crippen LogP contribution >= 0.6 is 81.2 Å². The van der Waals surface area contributed by atoms with E-state index in [1.165, 1.54) is 18.2 Å². The molecule has 3 N–H and O–H groups in total. The van der Waals surface area contributed by atoms with Crippen LogP contribution in [0.1, 0.15) is 21.8 Å². The quantitative estimate of drug-likeness (QED) is 0.218. The molecule has 1 aliphatic rings. The van der Waals surface area contributed by atoms with Gasteiger partial charge in [-0.1, -0.05) is 64.1 Å². The van der Waals surface area contributed by atoms with E-state index in [2.05, 4.69) is 16.0 Å². The van der Waals surface area contributed by atoms with Crippen LogP contribution in [0, 0.1) is 17.6 Å². The van der Waals surface area contributed by atoms with E-state index in [0.29, 0.717) is 10.6 Å². The monoisotopic (exact) mass is 687 g/mol. The van der Waals surface area contributed by atoms with Crippen LogP contribution in [0.2, 0.25) is 15.1 Å². The Morgan fingerprint density at radius 2 is 1.40 bits per heavy atom. The third kappa shape index (κ3) is 6.54. The van der Waals surface area contributed by atoms with Crippen LogP contribution in [0.5, 0.6) is 0 Å². The summed E-state index contributed by atoms with van der Waals surface area (Å²) < 4.78 is 27.7. The molecule has 3 aromatic rings. The number of hydrogen-bond acceptors (Lipinski definition) is 3. The number of halogens is 9. The Bertz CT molecular complexity index is 1510. The fourth-order valence-corrected chi connectivity index (χ4v) is 5.36. The molecule has 0 heterocycles. The second kappa shape index (κ2) is 12.1. The van der Waals surface area contributed by atoms with Crippen molar-refractivity contribution in [3.63, 3.8) is 0 Å². The molecule has 0 radical (unpaired) electrons. The van der Waals surface area contributed by atoms with E-state index < -0.39 is 56.0 Å². The summed E-state index contributed by atoms with van der Waals surface area (Å²) in [6.07, 6.45) is 0. The lowest BCUT2D eigenvalue weighted by molar-refractivity contribution is -0.117. The van der Waals surface area contributed by atoms with Crippen molar-refractivity contribution in [1.82, 2.24) is 0 Å². The molecule has 4 rings (SSSR count). The maximum atomic E-state index is 14.6. The molecule has 6 nitrogen and oxygen atoms in total. The number of nitrogens with one attached hydrogen (secondary N) is 3. The Morgan fingerprint density at radius 3 is 2.00 bits per heavy atom. The fourth-order valence-electron chi connectivity index (χ4n) is 3.91. The number of carbonyl (C=O) groups excluding carboxylic acids is 3. The van der Waals surface area contributed by atoms with Gasteiger partial charge >= 0.3 is 0 Å². The third-order valence-corrected chi connectivity index (χ3v) is 8.27. The summed E-state index contributed by atoms with van der Waals surface area (Å²) in [4.78, 5) is 36.0. The average Bonchev–Trinajstić information content (AvgIpc) is 3.45. The fraction of sp³-hybridized carbons (Fsp3) is 0.160. The molecule has 2 atom stereocenters. The molecular formula is C25H14Cl7F2N3O3. The van der Waals surface area contributed by atoms with Gasteiger partial charge in [-0.25, -0.2) is 8.78 Å². The van der Waals surface area contributed by atoms with Gasteiger partial charge < -0.3 is 16.0 Å². The van der Waals surface area contributed by atoms with Gasteiger partial charge in [-0.3, -0.25) is 14.4 Å². The molecule has 3 aromatic carbocycles. The van der Waals surface area contributed by atoms with Gasteiger partial charge in [-0.2, -0.15) is 0 Å². The van der Waals surface area contributed by atoms with Crippen LogP contribution in [0.15, 0.2) is 48.5 Å². The Balaban J connectivity index is 1.50. The smallest absolute Gasteiger partial charge is 0.257 e. The van der Waals surface area contributed by atoms with Crippen molar-refractivity contribution in [1.29, 1.82) is 0 Å². The predicted octanol–water partition coefficient (Wildman–Crippen LogP) is 8.45. The molecule has 15 heteroatoms. The summed E-state index contributed by atoms with van der Waals surface area (Å²) in [7, 11) is 0. The normalized spacial score (nSPS) is 17.4. The molecule has 1 fully saturated rings. The second-order valence-corrected chi connectivity index (χ2v) is 12.3. The van der Waals surface area contributed by atoms with Crippen LogP contribution in [0.3, 0.4) is 0 Å². The van der Waals surface area contributed by atoms with Crippen molar-refractivity contribution in [3.8, 4) is 0 Å². The van der Waals surface area contributed by atoms with Crippen LogP contribution < -0.4 is 16.0 Å². The Hall–Kier alpha value is -2.04. The van der Waals surface area contributed by atoms with Crippen molar-refractivity contribution in [2.24, 2.45) is 5.92 Å². The Kier molecular flexibility index (Phi) is 9.32. The highest BCUT2D eigenvalue weighted by molar-refractivity contribution is 6.54. The number of carbonyl (C=O) groups is 3. The van der Waals surface area contributed by atoms with Gasteiger partial charge in [-0.15, -0.1) is 23.2 Å². The minimum Gasteiger partial charge on any atom is -0.326 e. The number of benzene rings is 3. The van der Waals surface area contributed by atoms with Gasteiger partial charge in [0.1, 0.15) is 10.0 Å². The standard InChI is InChI=1S/C25H14Cl7F2N3O3/c26-13-4-2-10(35-23(39)19-18(25(19,31)32)9-1-3-14(27)15(28)5-9)6-12(13)22(38)37-20-16(33)7-11(8-17(20)34)36-24(40)21(29)30/h1-8,18-19,21H,(H,35,39)(H,36,40)(H,37,38)/t18-,19?/m0/s1. The minimum absolute atomic E-state index is 0.0698. The zero-order valence-electron chi connectivity index (χ0n) is 19.5. The van der Waals surface area contributed by atoms with E-state index in [9.17, 15) is 23.2 Å². The molecule has 0 spiro atoms. The summed E-state index contributed by atoms with van der Waals surface area (Å²) in [5.74, 6) is -6.29. The summed E-state index contributed by atoms with van der Waals surface area (Å²) in [6, 6.07) is 10.2. The molecule has 1 aliphatic carbocycles. The van der Waals surface area contributed by atoms with Crippen molar-refractivity contribution < 1.29 is 23.2 Å². The van der Waals surface area contributed by atoms with Gasteiger partial charge in [0.25, 0.3) is 11.8 Å². The third-order valence-electron chi connectivity index (χ3n) is 5.86. The van der Waals surface area contributed by atoms with Gasteiger partial charge in [0.15, 0.2) is 16.5 Å². The van der Waals surface area contributed by atoms with E-state index in [4.69, 9.17) is 81.2 Å². The zero-order valence-corrected chi connectivity index (χ0v) is 24.8. The number of hydrogen-bond donors (Lipinski definition) is 3. The molecule has 0 aromatic heterocycles. The van der Waals surface area contributed by atoms with Crippen molar-refractivity contribution in [2.45, 2.75) is 15.1 Å². The number of rotatable bonds is 7. The van der Waals surface area contributed by atoms with E-state index in [1.807, 2.05) is 0 Å². The molecule has 0 saturated heterocycles. The maximum absolute atomic E-state index is 14.6. The van der Waals surface area contributed by atoms with Crippen LogP contribution in [-0.2, 0) is 9.59 Å². The summed E-state index contributed by atoms with van der Waals surface area (Å²) in [6.45, 7) is 0. The van der Waals surface area contributed by atoms with Crippen molar-refractivity contribution in [3.05, 3.63) is 86.4 Å². The van der Waals surface area contributed by atoms with Crippen LogP contribution in [-0.4, -0.2) is 26.9 Å². The lowest BCUT2D eigenvalue weighted by atomic mass is 10.1. The first-order valence-corrected chi connectivity index (χ1v) is 13.8. The summed E-state index contributed by atoms with van der Waals surface area (Å²) >= 11 is 41.7. The van der Waals surface area contributed by atoms with Gasteiger partial charge in [-0.05, 0) is 48.0 Å². The summed E-state index contributed by atoms with van der Waals surface area (Å²) in [5, 5.41) is 7.35. The molecule has 0 aliphatic heterocycles. The maximum Gasteiger partial charge on any atom is 0.257 e. The van der Waals surface area contributed by atoms with Crippen molar-refractivity contribution >= 4 is 116 Å². The predicted molar refractivity (Wildman–Crippen MR) is 156 cm³/mol. The molecule has 1 unspecified atom stereocenters. The number of amides is 3. The zero-order chi connectivity index (χ0) is 29.5. The van der Waals surface area contributed by atoms with E-state index in [1.54, 1.807) is 18.2 Å². The number of anilines is 3. The van der Waals surface area contributed by atoms with E-state index in [0.717, 1.165) is 12.1 Å². The SMILES string of the molecule is O=C(Nc1c(F)cc(NC(=O)C(Cl)Cl)cc1F)c1cc(NC(=O)C2[C@H](c3ccc(Cl)c(Cl)c3)C2(Cl)Cl)ccc1Cl. The van der Waals surface area contributed by atoms with E-state index >= 15 is 0 Å². The summed E-state index contributed by atoms with van der Waals surface area (Å²) in [5.41, 5.74) is -0.545. The minimum atomic E-state index is -1.47. The molecule has 3 amide bonds. The average molecular weight is 691 g/mol. The second-order valence-electron chi connectivity index (χ2n) is 8.55. The highest BCUT2D eigenvalue weighted by Crippen LogP contribution is 2.65. The van der Waals surface area contributed by atoms with Crippen LogP contribution in [0.25, 0.3) is 0 Å². The topological polar surface area (TPSA) is 87.3 Å². The molecule has 210 valence electrons. The molecule has 0 bridgehead atoms. The molecule has 1 saturated carbocycles. The number of alkyl halides is 4. The first-order chi connectivity index (χ1) is 18.7. The van der Waals surface area contributed by atoms with Crippen molar-refractivity contribution in [2.75, 3.05) is 16.0 Å². The van der Waals surface area contributed by atoms with Crippen LogP contribution in [0.4, 0.5) is 25.8 Å². The lowest BCUT2D eigenvalue weighted by Crippen LogP contribution is -2.20. The van der Waals surface area contributed by atoms with Gasteiger partial charge in [0, 0.05) is 17.3 Å². The molecular weight excluding hydrogens is 676 g/mol. The van der Waals surface area contributed by atoms with Gasteiger partial charge in [0.05, 0.1) is 26.5 Å². The molecule has 40 heavy (non-hydrogen) atoms. The largest absolute Gasteiger partial charge is 0.326 e. The highest BCUT2D eigenvalue weighted by Gasteiger charge is 2.67. The highest BCUT2D eigenvalue weighted by atomic mass is 35.5. The first kappa shape index (κ1) is 30.9. The van der Waals surface area contributed by atoms with Gasteiger partial charge in [0.2, 0.25) is 5.91 Å². The first-order valence-electron chi connectivity index (χ1n) is 11.0. The lowest BCUT2D eigenvalue weighted by Gasteiger charge is -2.13. The van der Waals surface area contributed by atoms with E-state index in [-0.39, 0.29) is 27.0 Å². The Labute approximate surface area is 261 Å².